The molecule has 0 fully saturated rings. The third-order valence-corrected chi connectivity index (χ3v) is 2.74. The molecule has 0 amide bonds. The van der Waals surface area contributed by atoms with E-state index in [2.05, 4.69) is 46.5 Å². The van der Waals surface area contributed by atoms with Crippen LogP contribution in [0.15, 0.2) is 12.3 Å². The van der Waals surface area contributed by atoms with Crippen molar-refractivity contribution in [3.8, 4) is 0 Å². The molecule has 1 heterocycles. The van der Waals surface area contributed by atoms with Crippen LogP contribution in [0.1, 0.15) is 63.2 Å². The highest BCUT2D eigenvalue weighted by Crippen LogP contribution is 2.33. The average Bonchev–Trinajstić information content (AvgIpc) is 2.14. The standard InChI is InChI=1S/C14H21NO2/c1-13(2,3)9-7-11(12(16)17)15-8-10(9)14(4,5)6/h7-8H,1-6H3,(H,16,17). The Morgan fingerprint density at radius 3 is 1.88 bits per heavy atom. The molecule has 0 saturated heterocycles. The molecule has 0 radical (unpaired) electrons. The molecule has 0 aliphatic rings. The van der Waals surface area contributed by atoms with Crippen molar-refractivity contribution in [3.63, 3.8) is 0 Å². The van der Waals surface area contributed by atoms with Gasteiger partial charge in [0, 0.05) is 6.20 Å². The largest absolute Gasteiger partial charge is 0.477 e. The Morgan fingerprint density at radius 2 is 1.53 bits per heavy atom. The summed E-state index contributed by atoms with van der Waals surface area (Å²) < 4.78 is 0. The van der Waals surface area contributed by atoms with E-state index >= 15 is 0 Å². The fourth-order valence-electron chi connectivity index (χ4n) is 1.79. The van der Waals surface area contributed by atoms with Crippen LogP contribution in [0.2, 0.25) is 0 Å². The molecule has 0 aliphatic carbocycles. The second kappa shape index (κ2) is 4.13. The van der Waals surface area contributed by atoms with E-state index < -0.39 is 5.97 Å². The van der Waals surface area contributed by atoms with Crippen molar-refractivity contribution in [2.24, 2.45) is 0 Å². The Kier molecular flexibility index (Phi) is 3.33. The first kappa shape index (κ1) is 13.7. The van der Waals surface area contributed by atoms with Crippen LogP contribution in [0.25, 0.3) is 0 Å². The van der Waals surface area contributed by atoms with Crippen molar-refractivity contribution in [2.45, 2.75) is 52.4 Å². The Hall–Kier alpha value is -1.38. The normalized spacial score (nSPS) is 12.6. The molecular weight excluding hydrogens is 214 g/mol. The van der Waals surface area contributed by atoms with Crippen molar-refractivity contribution in [2.75, 3.05) is 0 Å². The maximum Gasteiger partial charge on any atom is 0.354 e. The first-order chi connectivity index (χ1) is 7.53. The minimum absolute atomic E-state index is 0.0351. The first-order valence-electron chi connectivity index (χ1n) is 5.78. The monoisotopic (exact) mass is 235 g/mol. The summed E-state index contributed by atoms with van der Waals surface area (Å²) in [6.45, 7) is 12.6. The summed E-state index contributed by atoms with van der Waals surface area (Å²) in [7, 11) is 0. The van der Waals surface area contributed by atoms with Crippen molar-refractivity contribution in [1.29, 1.82) is 0 Å². The van der Waals surface area contributed by atoms with Crippen molar-refractivity contribution < 1.29 is 9.90 Å². The molecule has 0 spiro atoms. The predicted molar refractivity (Wildman–Crippen MR) is 68.6 cm³/mol. The van der Waals surface area contributed by atoms with Gasteiger partial charge in [-0.2, -0.15) is 0 Å². The molecule has 1 aromatic rings. The lowest BCUT2D eigenvalue weighted by Gasteiger charge is -2.29. The van der Waals surface area contributed by atoms with E-state index in [0.717, 1.165) is 11.1 Å². The fourth-order valence-corrected chi connectivity index (χ4v) is 1.79. The van der Waals surface area contributed by atoms with Gasteiger partial charge in [-0.3, -0.25) is 0 Å². The van der Waals surface area contributed by atoms with Crippen LogP contribution in [0.3, 0.4) is 0 Å². The lowest BCUT2D eigenvalue weighted by molar-refractivity contribution is 0.0690. The van der Waals surface area contributed by atoms with Gasteiger partial charge >= 0.3 is 5.97 Å². The summed E-state index contributed by atoms with van der Waals surface area (Å²) >= 11 is 0. The number of pyridine rings is 1. The molecule has 17 heavy (non-hydrogen) atoms. The third kappa shape index (κ3) is 3.05. The lowest BCUT2D eigenvalue weighted by atomic mass is 9.76. The van der Waals surface area contributed by atoms with E-state index in [0.29, 0.717) is 0 Å². The molecule has 94 valence electrons. The van der Waals surface area contributed by atoms with E-state index in [1.807, 2.05) is 0 Å². The van der Waals surface area contributed by atoms with Gasteiger partial charge in [0.05, 0.1) is 0 Å². The van der Waals surface area contributed by atoms with Gasteiger partial charge in [0.2, 0.25) is 0 Å². The van der Waals surface area contributed by atoms with Gasteiger partial charge in [-0.25, -0.2) is 9.78 Å². The summed E-state index contributed by atoms with van der Waals surface area (Å²) in [4.78, 5) is 15.0. The molecule has 1 N–H and O–H groups in total. The predicted octanol–water partition coefficient (Wildman–Crippen LogP) is 3.37. The molecule has 0 aliphatic heterocycles. The maximum atomic E-state index is 11.0. The molecule has 3 nitrogen and oxygen atoms in total. The van der Waals surface area contributed by atoms with E-state index in [-0.39, 0.29) is 16.5 Å². The SMILES string of the molecule is CC(C)(C)c1cnc(C(=O)O)cc1C(C)(C)C. The van der Waals surface area contributed by atoms with Crippen LogP contribution < -0.4 is 0 Å². The number of hydrogen-bond donors (Lipinski definition) is 1. The lowest BCUT2D eigenvalue weighted by Crippen LogP contribution is -2.23. The summed E-state index contributed by atoms with van der Waals surface area (Å²) in [5, 5.41) is 9.01. The van der Waals surface area contributed by atoms with Gasteiger partial charge in [-0.15, -0.1) is 0 Å². The molecule has 0 bridgehead atoms. The van der Waals surface area contributed by atoms with Crippen LogP contribution in [0, 0.1) is 0 Å². The highest BCUT2D eigenvalue weighted by molar-refractivity contribution is 5.85. The summed E-state index contributed by atoms with van der Waals surface area (Å²) in [5.74, 6) is -0.976. The zero-order valence-electron chi connectivity index (χ0n) is 11.5. The summed E-state index contributed by atoms with van der Waals surface area (Å²) in [6.07, 6.45) is 1.70. The van der Waals surface area contributed by atoms with Gasteiger partial charge in [0.1, 0.15) is 5.69 Å². The van der Waals surface area contributed by atoms with E-state index in [1.165, 1.54) is 0 Å². The van der Waals surface area contributed by atoms with Gasteiger partial charge in [0.25, 0.3) is 0 Å². The molecular formula is C14H21NO2. The molecule has 0 atom stereocenters. The smallest absolute Gasteiger partial charge is 0.354 e. The van der Waals surface area contributed by atoms with Gasteiger partial charge in [0.15, 0.2) is 0 Å². The highest BCUT2D eigenvalue weighted by atomic mass is 16.4. The minimum Gasteiger partial charge on any atom is -0.477 e. The second-order valence-electron chi connectivity index (χ2n) is 6.42. The molecule has 0 unspecified atom stereocenters. The Morgan fingerprint density at radius 1 is 1.06 bits per heavy atom. The molecule has 3 heteroatoms. The van der Waals surface area contributed by atoms with Gasteiger partial charge in [-0.05, 0) is 28.0 Å². The number of hydrogen-bond acceptors (Lipinski definition) is 2. The van der Waals surface area contributed by atoms with Gasteiger partial charge in [-0.1, -0.05) is 41.5 Å². The number of aromatic nitrogens is 1. The zero-order valence-corrected chi connectivity index (χ0v) is 11.5. The van der Waals surface area contributed by atoms with Crippen molar-refractivity contribution in [1.82, 2.24) is 4.98 Å². The number of rotatable bonds is 1. The highest BCUT2D eigenvalue weighted by Gasteiger charge is 2.26. The second-order valence-corrected chi connectivity index (χ2v) is 6.42. The van der Waals surface area contributed by atoms with Crippen molar-refractivity contribution in [3.05, 3.63) is 29.1 Å². The molecule has 0 saturated carbocycles. The number of carboxylic acid groups (broad SMARTS) is 1. The Balaban J connectivity index is 3.49. The Bertz CT molecular complexity index is 437. The quantitative estimate of drug-likeness (QED) is 0.811. The topological polar surface area (TPSA) is 50.2 Å². The number of nitrogens with zero attached hydrogens (tertiary/aromatic N) is 1. The third-order valence-electron chi connectivity index (χ3n) is 2.74. The minimum atomic E-state index is -0.976. The first-order valence-corrected chi connectivity index (χ1v) is 5.78. The van der Waals surface area contributed by atoms with Crippen LogP contribution in [-0.2, 0) is 10.8 Å². The van der Waals surface area contributed by atoms with Crippen LogP contribution in [0.5, 0.6) is 0 Å². The number of aromatic carboxylic acids is 1. The summed E-state index contributed by atoms with van der Waals surface area (Å²) in [6, 6.07) is 1.70. The molecule has 1 rings (SSSR count). The van der Waals surface area contributed by atoms with Gasteiger partial charge < -0.3 is 5.11 Å². The Labute approximate surface area is 103 Å². The van der Waals surface area contributed by atoms with E-state index in [9.17, 15) is 4.79 Å². The zero-order chi connectivity index (χ0) is 13.4. The van der Waals surface area contributed by atoms with E-state index in [1.54, 1.807) is 12.3 Å². The van der Waals surface area contributed by atoms with Crippen LogP contribution in [-0.4, -0.2) is 16.1 Å². The summed E-state index contributed by atoms with van der Waals surface area (Å²) in [5.41, 5.74) is 2.15. The van der Waals surface area contributed by atoms with Crippen LogP contribution >= 0.6 is 0 Å². The fraction of sp³-hybridized carbons (Fsp3) is 0.571. The number of carbonyl (C=O) groups is 1. The van der Waals surface area contributed by atoms with Crippen molar-refractivity contribution >= 4 is 5.97 Å². The maximum absolute atomic E-state index is 11.0. The van der Waals surface area contributed by atoms with E-state index in [4.69, 9.17) is 5.11 Å². The number of carboxylic acids is 1. The van der Waals surface area contributed by atoms with Crippen LogP contribution in [0.4, 0.5) is 0 Å². The average molecular weight is 235 g/mol. The molecule has 0 aromatic carbocycles. The molecule has 1 aromatic heterocycles.